The molecule has 78 valence electrons. The molecule has 0 fully saturated rings. The molecular formula is C12H7ClN2O. The Morgan fingerprint density at radius 3 is 2.62 bits per heavy atom. The second-order valence-electron chi connectivity index (χ2n) is 3.10. The van der Waals surface area contributed by atoms with Crippen LogP contribution >= 0.6 is 11.6 Å². The Balaban J connectivity index is 2.36. The van der Waals surface area contributed by atoms with Gasteiger partial charge in [-0.25, -0.2) is 0 Å². The van der Waals surface area contributed by atoms with Gasteiger partial charge in [0.2, 0.25) is 0 Å². The van der Waals surface area contributed by atoms with E-state index in [0.29, 0.717) is 16.4 Å². The highest BCUT2D eigenvalue weighted by Crippen LogP contribution is 2.18. The average molecular weight is 231 g/mol. The van der Waals surface area contributed by atoms with Crippen LogP contribution < -0.4 is 0 Å². The lowest BCUT2D eigenvalue weighted by Gasteiger charge is -1.95. The minimum Gasteiger partial charge on any atom is -0.356 e. The molecule has 0 saturated carbocycles. The van der Waals surface area contributed by atoms with Crippen LogP contribution in [0.5, 0.6) is 0 Å². The third-order valence-corrected chi connectivity index (χ3v) is 2.26. The summed E-state index contributed by atoms with van der Waals surface area (Å²) in [6.07, 6.45) is 3.22. The molecule has 0 aliphatic rings. The molecule has 0 unspecified atom stereocenters. The van der Waals surface area contributed by atoms with E-state index in [1.165, 1.54) is 6.20 Å². The molecule has 0 amide bonds. The van der Waals surface area contributed by atoms with Gasteiger partial charge in [-0.1, -0.05) is 28.9 Å². The predicted molar refractivity (Wildman–Crippen MR) is 61.4 cm³/mol. The van der Waals surface area contributed by atoms with Gasteiger partial charge >= 0.3 is 0 Å². The van der Waals surface area contributed by atoms with Crippen LogP contribution in [0.3, 0.4) is 0 Å². The molecular weight excluding hydrogens is 224 g/mol. The molecule has 0 aliphatic carbocycles. The number of rotatable bonds is 2. The largest absolute Gasteiger partial charge is 0.356 e. The van der Waals surface area contributed by atoms with Crippen LogP contribution in [-0.2, 0) is 0 Å². The van der Waals surface area contributed by atoms with Crippen LogP contribution in [0.25, 0.3) is 11.6 Å². The maximum absolute atomic E-state index is 8.98. The third-order valence-electron chi connectivity index (χ3n) is 2.00. The summed E-state index contributed by atoms with van der Waals surface area (Å²) in [6, 6.07) is 10.9. The van der Waals surface area contributed by atoms with Crippen molar-refractivity contribution >= 4 is 23.3 Å². The number of aromatic nitrogens is 1. The highest BCUT2D eigenvalue weighted by molar-refractivity contribution is 6.30. The zero-order valence-electron chi connectivity index (χ0n) is 8.22. The molecule has 3 nitrogen and oxygen atoms in total. The molecule has 0 saturated heterocycles. The van der Waals surface area contributed by atoms with Gasteiger partial charge in [-0.3, -0.25) is 0 Å². The van der Waals surface area contributed by atoms with Crippen molar-refractivity contribution in [2.45, 2.75) is 0 Å². The lowest BCUT2D eigenvalue weighted by molar-refractivity contribution is 0.411. The molecule has 1 aromatic heterocycles. The number of hydrogen-bond acceptors (Lipinski definition) is 3. The van der Waals surface area contributed by atoms with Crippen molar-refractivity contribution in [2.24, 2.45) is 0 Å². The molecule has 0 atom stereocenters. The van der Waals surface area contributed by atoms with Crippen molar-refractivity contribution in [1.82, 2.24) is 5.16 Å². The maximum Gasteiger partial charge on any atom is 0.177 e. The highest BCUT2D eigenvalue weighted by atomic mass is 35.5. The fourth-order valence-corrected chi connectivity index (χ4v) is 1.36. The molecule has 0 aliphatic heterocycles. The molecule has 2 aromatic rings. The fourth-order valence-electron chi connectivity index (χ4n) is 1.24. The highest BCUT2D eigenvalue weighted by Gasteiger charge is 2.04. The van der Waals surface area contributed by atoms with Crippen molar-refractivity contribution in [3.05, 3.63) is 52.9 Å². The monoisotopic (exact) mass is 230 g/mol. The zero-order chi connectivity index (χ0) is 11.4. The summed E-state index contributed by atoms with van der Waals surface area (Å²) in [7, 11) is 0. The van der Waals surface area contributed by atoms with E-state index in [1.807, 2.05) is 12.1 Å². The normalized spacial score (nSPS) is 11.1. The number of halogens is 1. The van der Waals surface area contributed by atoms with E-state index in [2.05, 4.69) is 11.2 Å². The van der Waals surface area contributed by atoms with Gasteiger partial charge in [-0.15, -0.1) is 0 Å². The molecule has 0 bridgehead atoms. The Bertz CT molecular complexity index is 535. The van der Waals surface area contributed by atoms with Crippen molar-refractivity contribution in [1.29, 1.82) is 5.26 Å². The van der Waals surface area contributed by atoms with Crippen molar-refractivity contribution in [3.63, 3.8) is 0 Å². The quantitative estimate of drug-likeness (QED) is 0.743. The number of hydrogen-bond donors (Lipinski definition) is 0. The van der Waals surface area contributed by atoms with Gasteiger partial charge in [-0.05, 0) is 23.8 Å². The molecule has 4 heteroatoms. The van der Waals surface area contributed by atoms with E-state index in [1.54, 1.807) is 24.3 Å². The third kappa shape index (κ3) is 2.30. The van der Waals surface area contributed by atoms with E-state index >= 15 is 0 Å². The summed E-state index contributed by atoms with van der Waals surface area (Å²) in [5.41, 5.74) is 1.32. The Labute approximate surface area is 97.6 Å². The number of benzene rings is 1. The SMILES string of the molecule is N#CC(=Cc1ccc(Cl)cc1)c1ccno1. The summed E-state index contributed by atoms with van der Waals surface area (Å²) in [4.78, 5) is 0. The van der Waals surface area contributed by atoms with E-state index in [9.17, 15) is 0 Å². The van der Waals surface area contributed by atoms with Gasteiger partial charge in [0.05, 0.1) is 11.8 Å². The summed E-state index contributed by atoms with van der Waals surface area (Å²) < 4.78 is 4.92. The van der Waals surface area contributed by atoms with Crippen LogP contribution in [0.1, 0.15) is 11.3 Å². The Morgan fingerprint density at radius 2 is 2.06 bits per heavy atom. The van der Waals surface area contributed by atoms with Crippen molar-refractivity contribution in [2.75, 3.05) is 0 Å². The van der Waals surface area contributed by atoms with Gasteiger partial charge in [0.1, 0.15) is 6.07 Å². The lowest BCUT2D eigenvalue weighted by Crippen LogP contribution is -1.78. The predicted octanol–water partition coefficient (Wildman–Crippen LogP) is 3.39. The average Bonchev–Trinajstić information content (AvgIpc) is 2.82. The first-order chi connectivity index (χ1) is 7.79. The Hall–Kier alpha value is -2.05. The standard InChI is InChI=1S/C12H7ClN2O/c13-11-3-1-9(2-4-11)7-10(8-14)12-5-6-15-16-12/h1-7H. The first kappa shape index (κ1) is 10.5. The van der Waals surface area contributed by atoms with Crippen LogP contribution in [-0.4, -0.2) is 5.16 Å². The van der Waals surface area contributed by atoms with Gasteiger partial charge in [0, 0.05) is 11.1 Å². The molecule has 0 N–H and O–H groups in total. The van der Waals surface area contributed by atoms with Crippen molar-refractivity contribution in [3.8, 4) is 6.07 Å². The van der Waals surface area contributed by atoms with E-state index < -0.39 is 0 Å². The number of nitriles is 1. The van der Waals surface area contributed by atoms with Crippen LogP contribution in [0.15, 0.2) is 41.1 Å². The number of nitrogens with zero attached hydrogens (tertiary/aromatic N) is 2. The van der Waals surface area contributed by atoms with E-state index in [0.717, 1.165) is 5.56 Å². The minimum atomic E-state index is 0.430. The second-order valence-corrected chi connectivity index (χ2v) is 3.53. The minimum absolute atomic E-state index is 0.430. The molecule has 0 radical (unpaired) electrons. The molecule has 16 heavy (non-hydrogen) atoms. The van der Waals surface area contributed by atoms with E-state index in [-0.39, 0.29) is 0 Å². The molecule has 1 aromatic carbocycles. The molecule has 1 heterocycles. The van der Waals surface area contributed by atoms with Crippen LogP contribution in [0, 0.1) is 11.3 Å². The van der Waals surface area contributed by atoms with Crippen molar-refractivity contribution < 1.29 is 4.52 Å². The van der Waals surface area contributed by atoms with Gasteiger partial charge in [0.25, 0.3) is 0 Å². The van der Waals surface area contributed by atoms with E-state index in [4.69, 9.17) is 21.4 Å². The van der Waals surface area contributed by atoms with Gasteiger partial charge in [-0.2, -0.15) is 5.26 Å². The molecule has 2 rings (SSSR count). The zero-order valence-corrected chi connectivity index (χ0v) is 8.98. The Kier molecular flexibility index (Phi) is 3.04. The summed E-state index contributed by atoms with van der Waals surface area (Å²) >= 11 is 5.77. The van der Waals surface area contributed by atoms with Crippen LogP contribution in [0.2, 0.25) is 5.02 Å². The smallest absolute Gasteiger partial charge is 0.177 e. The first-order valence-electron chi connectivity index (χ1n) is 4.58. The first-order valence-corrected chi connectivity index (χ1v) is 4.96. The second kappa shape index (κ2) is 4.65. The fraction of sp³-hybridized carbons (Fsp3) is 0. The van der Waals surface area contributed by atoms with Gasteiger partial charge in [0.15, 0.2) is 5.76 Å². The number of allylic oxidation sites excluding steroid dienone is 1. The topological polar surface area (TPSA) is 49.8 Å². The van der Waals surface area contributed by atoms with Crippen LogP contribution in [0.4, 0.5) is 0 Å². The Morgan fingerprint density at radius 1 is 1.31 bits per heavy atom. The molecule has 0 spiro atoms. The summed E-state index contributed by atoms with van der Waals surface area (Å²) in [5, 5.41) is 13.2. The summed E-state index contributed by atoms with van der Waals surface area (Å²) in [6.45, 7) is 0. The lowest BCUT2D eigenvalue weighted by atomic mass is 10.1. The maximum atomic E-state index is 8.98. The van der Waals surface area contributed by atoms with Gasteiger partial charge < -0.3 is 4.52 Å². The summed E-state index contributed by atoms with van der Waals surface area (Å²) in [5.74, 6) is 0.456.